The van der Waals surface area contributed by atoms with Crippen LogP contribution in [0.3, 0.4) is 0 Å². The van der Waals surface area contributed by atoms with Gasteiger partial charge in [0.1, 0.15) is 5.82 Å². The average molecular weight is 166 g/mol. The molecule has 1 aromatic rings. The highest BCUT2D eigenvalue weighted by atomic mass is 16.2. The van der Waals surface area contributed by atoms with Crippen molar-refractivity contribution >= 4 is 11.7 Å². The second-order valence-electron chi connectivity index (χ2n) is 2.97. The standard InChI is InChI=1S/C7H10N4O/c8-5-3-4(5)7(12)10-6-1-2-9-11-6/h1-2,4-5H,3,8H2,(H2,9,10,11,12). The molecule has 1 amide bonds. The molecule has 4 N–H and O–H groups in total. The lowest BCUT2D eigenvalue weighted by atomic mass is 10.4. The number of anilines is 1. The van der Waals surface area contributed by atoms with Gasteiger partial charge < -0.3 is 11.1 Å². The van der Waals surface area contributed by atoms with E-state index >= 15 is 0 Å². The number of aromatic nitrogens is 2. The zero-order chi connectivity index (χ0) is 8.55. The van der Waals surface area contributed by atoms with E-state index in [1.54, 1.807) is 12.3 Å². The number of hydrogen-bond donors (Lipinski definition) is 3. The number of aromatic amines is 1. The summed E-state index contributed by atoms with van der Waals surface area (Å²) in [6.07, 6.45) is 2.38. The summed E-state index contributed by atoms with van der Waals surface area (Å²) < 4.78 is 0. The quantitative estimate of drug-likeness (QED) is 0.563. The maximum Gasteiger partial charge on any atom is 0.230 e. The first-order valence-corrected chi connectivity index (χ1v) is 3.83. The second-order valence-corrected chi connectivity index (χ2v) is 2.97. The summed E-state index contributed by atoms with van der Waals surface area (Å²) in [5, 5.41) is 9.02. The Kier molecular flexibility index (Phi) is 1.58. The molecular weight excluding hydrogens is 156 g/mol. The number of carbonyl (C=O) groups is 1. The molecule has 0 saturated heterocycles. The summed E-state index contributed by atoms with van der Waals surface area (Å²) in [6.45, 7) is 0. The van der Waals surface area contributed by atoms with Gasteiger partial charge in [0, 0.05) is 12.1 Å². The van der Waals surface area contributed by atoms with Crippen LogP contribution in [0.5, 0.6) is 0 Å². The maximum absolute atomic E-state index is 11.2. The number of nitrogens with one attached hydrogen (secondary N) is 2. The van der Waals surface area contributed by atoms with Crippen LogP contribution in [-0.2, 0) is 4.79 Å². The van der Waals surface area contributed by atoms with Gasteiger partial charge in [0.2, 0.25) is 5.91 Å². The molecule has 1 aromatic heterocycles. The summed E-state index contributed by atoms with van der Waals surface area (Å²) in [6, 6.07) is 1.75. The van der Waals surface area contributed by atoms with Crippen molar-refractivity contribution in [1.29, 1.82) is 0 Å². The molecule has 1 heterocycles. The van der Waals surface area contributed by atoms with Gasteiger partial charge in [0.25, 0.3) is 0 Å². The van der Waals surface area contributed by atoms with Gasteiger partial charge in [-0.05, 0) is 6.42 Å². The first kappa shape index (κ1) is 7.30. The van der Waals surface area contributed by atoms with Crippen LogP contribution in [0.2, 0.25) is 0 Å². The van der Waals surface area contributed by atoms with Gasteiger partial charge in [0.05, 0.1) is 12.1 Å². The minimum atomic E-state index is -0.0215. The third-order valence-corrected chi connectivity index (χ3v) is 1.94. The van der Waals surface area contributed by atoms with Gasteiger partial charge >= 0.3 is 0 Å². The first-order chi connectivity index (χ1) is 5.77. The van der Waals surface area contributed by atoms with Crippen LogP contribution in [0.4, 0.5) is 5.82 Å². The van der Waals surface area contributed by atoms with Crippen molar-refractivity contribution in [3.05, 3.63) is 12.3 Å². The lowest BCUT2D eigenvalue weighted by Gasteiger charge is -1.98. The van der Waals surface area contributed by atoms with Crippen molar-refractivity contribution in [3.63, 3.8) is 0 Å². The number of nitrogens with two attached hydrogens (primary N) is 1. The van der Waals surface area contributed by atoms with Crippen molar-refractivity contribution in [2.75, 3.05) is 5.32 Å². The van der Waals surface area contributed by atoms with Crippen LogP contribution < -0.4 is 11.1 Å². The summed E-state index contributed by atoms with van der Waals surface area (Å²) in [7, 11) is 0. The van der Waals surface area contributed by atoms with Gasteiger partial charge in [-0.1, -0.05) is 0 Å². The van der Waals surface area contributed by atoms with E-state index in [4.69, 9.17) is 5.73 Å². The highest BCUT2D eigenvalue weighted by Crippen LogP contribution is 2.28. The van der Waals surface area contributed by atoms with Crippen molar-refractivity contribution in [2.24, 2.45) is 11.7 Å². The molecule has 1 aliphatic rings. The van der Waals surface area contributed by atoms with Crippen molar-refractivity contribution in [1.82, 2.24) is 10.2 Å². The number of hydrogen-bond acceptors (Lipinski definition) is 3. The van der Waals surface area contributed by atoms with Crippen molar-refractivity contribution in [2.45, 2.75) is 12.5 Å². The fourth-order valence-electron chi connectivity index (χ4n) is 1.07. The molecule has 1 aliphatic carbocycles. The Hall–Kier alpha value is -1.36. The maximum atomic E-state index is 11.2. The van der Waals surface area contributed by atoms with Crippen LogP contribution in [0.1, 0.15) is 6.42 Å². The predicted molar refractivity (Wildman–Crippen MR) is 43.3 cm³/mol. The third-order valence-electron chi connectivity index (χ3n) is 1.94. The van der Waals surface area contributed by atoms with E-state index in [0.29, 0.717) is 5.82 Å². The smallest absolute Gasteiger partial charge is 0.230 e. The van der Waals surface area contributed by atoms with E-state index in [2.05, 4.69) is 15.5 Å². The molecule has 1 fully saturated rings. The summed E-state index contributed by atoms with van der Waals surface area (Å²) in [5.41, 5.74) is 5.51. The Morgan fingerprint density at radius 3 is 3.08 bits per heavy atom. The molecule has 0 aliphatic heterocycles. The Labute approximate surface area is 69.3 Å². The predicted octanol–water partition coefficient (Wildman–Crippen LogP) is -0.305. The zero-order valence-electron chi connectivity index (χ0n) is 6.45. The van der Waals surface area contributed by atoms with Gasteiger partial charge in [0.15, 0.2) is 0 Å². The molecule has 0 spiro atoms. The normalized spacial score (nSPS) is 26.8. The summed E-state index contributed by atoms with van der Waals surface area (Å²) in [5.74, 6) is 0.596. The lowest BCUT2D eigenvalue weighted by Crippen LogP contribution is -2.18. The minimum absolute atomic E-state index is 0.00620. The van der Waals surface area contributed by atoms with Crippen molar-refractivity contribution < 1.29 is 4.79 Å². The second kappa shape index (κ2) is 2.60. The van der Waals surface area contributed by atoms with Crippen LogP contribution >= 0.6 is 0 Å². The molecule has 12 heavy (non-hydrogen) atoms. The average Bonchev–Trinajstić information content (AvgIpc) is 2.58. The molecule has 1 saturated carbocycles. The summed E-state index contributed by atoms with van der Waals surface area (Å²) in [4.78, 5) is 11.2. The molecule has 0 bridgehead atoms. The van der Waals surface area contributed by atoms with E-state index in [0.717, 1.165) is 6.42 Å². The number of nitrogens with zero attached hydrogens (tertiary/aromatic N) is 1. The Balaban J connectivity index is 1.92. The Morgan fingerprint density at radius 1 is 1.83 bits per heavy atom. The van der Waals surface area contributed by atoms with Gasteiger partial charge in [-0.25, -0.2) is 0 Å². The van der Waals surface area contributed by atoms with Crippen LogP contribution in [0, 0.1) is 5.92 Å². The fraction of sp³-hybridized carbons (Fsp3) is 0.429. The highest BCUT2D eigenvalue weighted by Gasteiger charge is 2.40. The molecule has 5 nitrogen and oxygen atoms in total. The van der Waals surface area contributed by atoms with E-state index in [-0.39, 0.29) is 17.9 Å². The van der Waals surface area contributed by atoms with E-state index in [1.807, 2.05) is 0 Å². The SMILES string of the molecule is NC1CC1C(=O)Nc1ccn[nH]1. The summed E-state index contributed by atoms with van der Waals surface area (Å²) >= 11 is 0. The number of carbonyl (C=O) groups excluding carboxylic acids is 1. The third kappa shape index (κ3) is 1.31. The zero-order valence-corrected chi connectivity index (χ0v) is 6.45. The molecule has 2 unspecified atom stereocenters. The van der Waals surface area contributed by atoms with E-state index < -0.39 is 0 Å². The number of rotatable bonds is 2. The molecule has 0 radical (unpaired) electrons. The molecule has 2 rings (SSSR count). The highest BCUT2D eigenvalue weighted by molar-refractivity contribution is 5.94. The first-order valence-electron chi connectivity index (χ1n) is 3.83. The Morgan fingerprint density at radius 2 is 2.58 bits per heavy atom. The van der Waals surface area contributed by atoms with Gasteiger partial charge in [-0.15, -0.1) is 0 Å². The van der Waals surface area contributed by atoms with E-state index in [9.17, 15) is 4.79 Å². The largest absolute Gasteiger partial charge is 0.327 e. The van der Waals surface area contributed by atoms with E-state index in [1.165, 1.54) is 0 Å². The van der Waals surface area contributed by atoms with Gasteiger partial charge in [-0.2, -0.15) is 5.10 Å². The molecule has 64 valence electrons. The Bertz CT molecular complexity index is 282. The number of amides is 1. The minimum Gasteiger partial charge on any atom is -0.327 e. The van der Waals surface area contributed by atoms with Crippen LogP contribution in [0.25, 0.3) is 0 Å². The fourth-order valence-corrected chi connectivity index (χ4v) is 1.07. The van der Waals surface area contributed by atoms with Crippen LogP contribution in [-0.4, -0.2) is 22.1 Å². The molecule has 2 atom stereocenters. The van der Waals surface area contributed by atoms with Crippen molar-refractivity contribution in [3.8, 4) is 0 Å². The van der Waals surface area contributed by atoms with Gasteiger partial charge in [-0.3, -0.25) is 9.89 Å². The van der Waals surface area contributed by atoms with Crippen LogP contribution in [0.15, 0.2) is 12.3 Å². The molecule has 0 aromatic carbocycles. The molecular formula is C7H10N4O. The number of H-pyrrole nitrogens is 1. The monoisotopic (exact) mass is 166 g/mol. The molecule has 5 heteroatoms. The topological polar surface area (TPSA) is 83.8 Å². The lowest BCUT2D eigenvalue weighted by molar-refractivity contribution is -0.117.